The van der Waals surface area contributed by atoms with Crippen LogP contribution in [0.25, 0.3) is 0 Å². The Hall–Kier alpha value is -1.00. The second-order valence-corrected chi connectivity index (χ2v) is 12.1. The first-order valence-corrected chi connectivity index (χ1v) is 13.3. The monoisotopic (exact) mass is 453 g/mol. The molecule has 0 radical (unpaired) electrons. The third-order valence-electron chi connectivity index (χ3n) is 7.98. The van der Waals surface area contributed by atoms with Gasteiger partial charge in [0.05, 0.1) is 18.0 Å². The first-order chi connectivity index (χ1) is 14.9. The molecule has 0 aromatic carbocycles. The van der Waals surface area contributed by atoms with Crippen molar-refractivity contribution in [3.05, 3.63) is 11.1 Å². The van der Waals surface area contributed by atoms with E-state index in [1.807, 2.05) is 4.90 Å². The SMILES string of the molecule is CN1CCOC2CCC(S(=O)(=O)N3CC4=C(CN(C(=O)CC5CCOCC5)C4)C3)CC21. The van der Waals surface area contributed by atoms with Crippen LogP contribution < -0.4 is 0 Å². The van der Waals surface area contributed by atoms with Crippen LogP contribution in [0.3, 0.4) is 0 Å². The van der Waals surface area contributed by atoms with Crippen molar-refractivity contribution in [2.24, 2.45) is 5.92 Å². The molecule has 3 atom stereocenters. The van der Waals surface area contributed by atoms with Gasteiger partial charge in [-0.2, -0.15) is 4.31 Å². The van der Waals surface area contributed by atoms with Gasteiger partial charge in [-0.3, -0.25) is 9.69 Å². The quantitative estimate of drug-likeness (QED) is 0.587. The molecule has 3 unspecified atom stereocenters. The molecule has 5 aliphatic rings. The van der Waals surface area contributed by atoms with Gasteiger partial charge in [0.15, 0.2) is 0 Å². The fourth-order valence-electron chi connectivity index (χ4n) is 5.96. The molecule has 2 saturated heterocycles. The molecule has 4 aliphatic heterocycles. The summed E-state index contributed by atoms with van der Waals surface area (Å²) >= 11 is 0. The van der Waals surface area contributed by atoms with E-state index in [1.54, 1.807) is 4.31 Å². The van der Waals surface area contributed by atoms with Crippen molar-refractivity contribution < 1.29 is 22.7 Å². The van der Waals surface area contributed by atoms with Crippen LogP contribution in [0.4, 0.5) is 0 Å². The highest BCUT2D eigenvalue weighted by atomic mass is 32.2. The second kappa shape index (κ2) is 8.74. The molecule has 0 spiro atoms. The van der Waals surface area contributed by atoms with Gasteiger partial charge >= 0.3 is 0 Å². The average Bonchev–Trinajstić information content (AvgIpc) is 3.35. The Morgan fingerprint density at radius 3 is 2.42 bits per heavy atom. The van der Waals surface area contributed by atoms with Gasteiger partial charge in [0, 0.05) is 58.4 Å². The van der Waals surface area contributed by atoms with Crippen LogP contribution >= 0.6 is 0 Å². The maximum absolute atomic E-state index is 13.4. The number of nitrogens with zero attached hydrogens (tertiary/aromatic N) is 3. The summed E-state index contributed by atoms with van der Waals surface area (Å²) in [4.78, 5) is 16.9. The van der Waals surface area contributed by atoms with Gasteiger partial charge in [0.25, 0.3) is 0 Å². The number of carbonyl (C=O) groups excluding carboxylic acids is 1. The molecule has 31 heavy (non-hydrogen) atoms. The number of fused-ring (bicyclic) bond motifs is 1. The van der Waals surface area contributed by atoms with E-state index in [0.29, 0.717) is 51.4 Å². The lowest BCUT2D eigenvalue weighted by molar-refractivity contribution is -0.131. The molecule has 0 aromatic rings. The Kier molecular flexibility index (Phi) is 6.15. The fourth-order valence-corrected chi connectivity index (χ4v) is 7.93. The van der Waals surface area contributed by atoms with Gasteiger partial charge in [-0.1, -0.05) is 0 Å². The van der Waals surface area contributed by atoms with Crippen LogP contribution in [0.5, 0.6) is 0 Å². The number of ether oxygens (including phenoxy) is 2. The zero-order valence-electron chi connectivity index (χ0n) is 18.5. The van der Waals surface area contributed by atoms with Crippen LogP contribution in [0.2, 0.25) is 0 Å². The molecule has 0 bridgehead atoms. The Balaban J connectivity index is 1.16. The minimum absolute atomic E-state index is 0.169. The molecular weight excluding hydrogens is 418 g/mol. The number of rotatable bonds is 4. The summed E-state index contributed by atoms with van der Waals surface area (Å²) in [7, 11) is -1.27. The standard InChI is InChI=1S/C22H35N3O5S/c1-23-6-9-30-21-3-2-19(11-20(21)23)31(27,28)25-14-17-12-24(13-18(17)15-25)22(26)10-16-4-7-29-8-5-16/h16,19-21H,2-15H2,1H3. The zero-order chi connectivity index (χ0) is 21.6. The molecule has 1 amide bonds. The molecule has 4 heterocycles. The Bertz CT molecular complexity index is 820. The van der Waals surface area contributed by atoms with Gasteiger partial charge < -0.3 is 14.4 Å². The van der Waals surface area contributed by atoms with Crippen molar-refractivity contribution in [1.82, 2.24) is 14.1 Å². The minimum atomic E-state index is -3.35. The summed E-state index contributed by atoms with van der Waals surface area (Å²) in [5.41, 5.74) is 2.27. The van der Waals surface area contributed by atoms with Crippen molar-refractivity contribution in [1.29, 1.82) is 0 Å². The van der Waals surface area contributed by atoms with Crippen LogP contribution in [-0.4, -0.2) is 105 Å². The van der Waals surface area contributed by atoms with Crippen LogP contribution in [0.15, 0.2) is 11.1 Å². The number of hydrogen-bond acceptors (Lipinski definition) is 6. The molecule has 9 heteroatoms. The van der Waals surface area contributed by atoms with Crippen molar-refractivity contribution in [2.45, 2.75) is 55.9 Å². The summed E-state index contributed by atoms with van der Waals surface area (Å²) in [6.07, 6.45) is 4.82. The lowest BCUT2D eigenvalue weighted by Crippen LogP contribution is -2.55. The molecule has 8 nitrogen and oxygen atoms in total. The zero-order valence-corrected chi connectivity index (χ0v) is 19.3. The van der Waals surface area contributed by atoms with Crippen molar-refractivity contribution in [3.63, 3.8) is 0 Å². The first kappa shape index (κ1) is 21.8. The van der Waals surface area contributed by atoms with E-state index in [-0.39, 0.29) is 23.3 Å². The number of carbonyl (C=O) groups is 1. The number of sulfonamides is 1. The fraction of sp³-hybridized carbons (Fsp3) is 0.864. The van der Waals surface area contributed by atoms with Crippen LogP contribution in [0.1, 0.15) is 38.5 Å². The summed E-state index contributed by atoms with van der Waals surface area (Å²) < 4.78 is 39.8. The topological polar surface area (TPSA) is 79.4 Å². The number of morpholine rings is 1. The van der Waals surface area contributed by atoms with Gasteiger partial charge in [0.2, 0.25) is 15.9 Å². The predicted octanol–water partition coefficient (Wildman–Crippen LogP) is 0.839. The van der Waals surface area contributed by atoms with Gasteiger partial charge in [-0.15, -0.1) is 0 Å². The highest BCUT2D eigenvalue weighted by Gasteiger charge is 2.45. The summed E-state index contributed by atoms with van der Waals surface area (Å²) in [6, 6.07) is 0.197. The molecule has 0 N–H and O–H groups in total. The Morgan fingerprint density at radius 2 is 1.71 bits per heavy atom. The predicted molar refractivity (Wildman–Crippen MR) is 116 cm³/mol. The summed E-state index contributed by atoms with van der Waals surface area (Å²) in [5, 5.41) is -0.329. The Labute approximate surface area is 185 Å². The van der Waals surface area contributed by atoms with Crippen molar-refractivity contribution >= 4 is 15.9 Å². The van der Waals surface area contributed by atoms with Crippen molar-refractivity contribution in [2.75, 3.05) is 59.6 Å². The number of likely N-dealkylation sites (N-methyl/N-ethyl adjacent to an activating group) is 1. The lowest BCUT2D eigenvalue weighted by Gasteiger charge is -2.44. The molecule has 174 valence electrons. The highest BCUT2D eigenvalue weighted by molar-refractivity contribution is 7.89. The van der Waals surface area contributed by atoms with Gasteiger partial charge in [0.1, 0.15) is 0 Å². The maximum atomic E-state index is 13.4. The van der Waals surface area contributed by atoms with E-state index in [2.05, 4.69) is 11.9 Å². The second-order valence-electron chi connectivity index (χ2n) is 9.92. The number of hydrogen-bond donors (Lipinski definition) is 0. The molecule has 5 rings (SSSR count). The van der Waals surface area contributed by atoms with Crippen molar-refractivity contribution in [3.8, 4) is 0 Å². The Morgan fingerprint density at radius 1 is 1.00 bits per heavy atom. The van der Waals surface area contributed by atoms with Crippen LogP contribution in [-0.2, 0) is 24.3 Å². The lowest BCUT2D eigenvalue weighted by atomic mass is 9.90. The molecule has 0 aromatic heterocycles. The molecular formula is C22H35N3O5S. The van der Waals surface area contributed by atoms with E-state index in [1.165, 1.54) is 0 Å². The smallest absolute Gasteiger partial charge is 0.223 e. The van der Waals surface area contributed by atoms with E-state index >= 15 is 0 Å². The maximum Gasteiger partial charge on any atom is 0.223 e. The minimum Gasteiger partial charge on any atom is -0.381 e. The largest absolute Gasteiger partial charge is 0.381 e. The average molecular weight is 454 g/mol. The molecule has 1 aliphatic carbocycles. The van der Waals surface area contributed by atoms with Crippen LogP contribution in [0, 0.1) is 5.92 Å². The van der Waals surface area contributed by atoms with E-state index in [0.717, 1.165) is 56.8 Å². The van der Waals surface area contributed by atoms with E-state index < -0.39 is 10.0 Å². The molecule has 1 saturated carbocycles. The summed E-state index contributed by atoms with van der Waals surface area (Å²) in [5.74, 6) is 0.625. The highest BCUT2D eigenvalue weighted by Crippen LogP contribution is 2.36. The van der Waals surface area contributed by atoms with Gasteiger partial charge in [-0.05, 0) is 56.2 Å². The third-order valence-corrected chi connectivity index (χ3v) is 10.2. The summed E-state index contributed by atoms with van der Waals surface area (Å²) in [6.45, 7) is 5.21. The van der Waals surface area contributed by atoms with Gasteiger partial charge in [-0.25, -0.2) is 8.42 Å². The van der Waals surface area contributed by atoms with E-state index in [4.69, 9.17) is 9.47 Å². The number of amides is 1. The first-order valence-electron chi connectivity index (χ1n) is 11.8. The van der Waals surface area contributed by atoms with E-state index in [9.17, 15) is 13.2 Å². The normalized spacial score (nSPS) is 33.6. The third kappa shape index (κ3) is 4.31. The molecule has 3 fully saturated rings.